The average molecular weight is 467 g/mol. The maximum Gasteiger partial charge on any atom is 0.160 e. The van der Waals surface area contributed by atoms with E-state index in [-0.39, 0.29) is 0 Å². The van der Waals surface area contributed by atoms with Gasteiger partial charge < -0.3 is 24.8 Å². The standard InChI is InChI=1S/C26H26N8O/c1-17-13-18(3-7-23(17)35-19-4-6-22-21(14-19)30-16-33(22)2)31-26-25-20(28-15-29-26)5-8-24(32-25)34-11-9-27-10-12-34/h3-8,13-16,27H,9-12H2,1-2H3,(H,28,29,31). The van der Waals surface area contributed by atoms with E-state index in [1.807, 2.05) is 67.1 Å². The van der Waals surface area contributed by atoms with E-state index in [0.29, 0.717) is 5.82 Å². The highest BCUT2D eigenvalue weighted by Gasteiger charge is 2.14. The van der Waals surface area contributed by atoms with E-state index >= 15 is 0 Å². The third-order valence-corrected chi connectivity index (χ3v) is 6.27. The number of piperazine rings is 1. The Hall–Kier alpha value is -4.24. The highest BCUT2D eigenvalue weighted by Crippen LogP contribution is 2.31. The van der Waals surface area contributed by atoms with E-state index in [4.69, 9.17) is 9.72 Å². The number of pyridine rings is 1. The van der Waals surface area contributed by atoms with Crippen LogP contribution < -0.4 is 20.3 Å². The fourth-order valence-electron chi connectivity index (χ4n) is 4.38. The van der Waals surface area contributed by atoms with E-state index in [9.17, 15) is 0 Å². The molecule has 1 saturated heterocycles. The molecule has 2 aromatic carbocycles. The lowest BCUT2D eigenvalue weighted by Crippen LogP contribution is -2.43. The maximum atomic E-state index is 6.16. The quantitative estimate of drug-likeness (QED) is 0.399. The Labute approximate surface area is 202 Å². The summed E-state index contributed by atoms with van der Waals surface area (Å²) in [4.78, 5) is 20.5. The Balaban J connectivity index is 1.25. The molecule has 0 aliphatic carbocycles. The summed E-state index contributed by atoms with van der Waals surface area (Å²) in [6, 6.07) is 16.0. The fourth-order valence-corrected chi connectivity index (χ4v) is 4.38. The average Bonchev–Trinajstić information content (AvgIpc) is 3.26. The minimum atomic E-state index is 0.681. The highest BCUT2D eigenvalue weighted by atomic mass is 16.5. The number of ether oxygens (including phenoxy) is 1. The summed E-state index contributed by atoms with van der Waals surface area (Å²) in [6.07, 6.45) is 3.37. The smallest absolute Gasteiger partial charge is 0.160 e. The minimum absolute atomic E-state index is 0.681. The summed E-state index contributed by atoms with van der Waals surface area (Å²) < 4.78 is 8.15. The van der Waals surface area contributed by atoms with Crippen molar-refractivity contribution < 1.29 is 4.74 Å². The summed E-state index contributed by atoms with van der Waals surface area (Å²) in [7, 11) is 1.98. The van der Waals surface area contributed by atoms with Crippen molar-refractivity contribution >= 4 is 39.4 Å². The molecule has 0 saturated carbocycles. The molecule has 35 heavy (non-hydrogen) atoms. The number of hydrogen-bond donors (Lipinski definition) is 2. The van der Waals surface area contributed by atoms with Gasteiger partial charge in [-0.1, -0.05) is 0 Å². The molecular formula is C26H26N8O. The second-order valence-electron chi connectivity index (χ2n) is 8.71. The molecule has 1 aliphatic heterocycles. The molecule has 4 heterocycles. The second kappa shape index (κ2) is 8.84. The maximum absolute atomic E-state index is 6.16. The molecule has 0 amide bonds. The molecule has 0 spiro atoms. The van der Waals surface area contributed by atoms with Gasteiger partial charge in [-0.2, -0.15) is 0 Å². The van der Waals surface area contributed by atoms with Crippen LogP contribution in [0.2, 0.25) is 0 Å². The molecule has 0 unspecified atom stereocenters. The van der Waals surface area contributed by atoms with E-state index < -0.39 is 0 Å². The predicted molar refractivity (Wildman–Crippen MR) is 138 cm³/mol. The number of nitrogens with one attached hydrogen (secondary N) is 2. The van der Waals surface area contributed by atoms with Gasteiger partial charge in [-0.25, -0.2) is 19.9 Å². The van der Waals surface area contributed by atoms with Crippen molar-refractivity contribution in [1.82, 2.24) is 29.8 Å². The summed E-state index contributed by atoms with van der Waals surface area (Å²) >= 11 is 0. The Morgan fingerprint density at radius 1 is 0.943 bits per heavy atom. The third kappa shape index (κ3) is 4.22. The van der Waals surface area contributed by atoms with Crippen molar-refractivity contribution in [2.45, 2.75) is 6.92 Å². The second-order valence-corrected chi connectivity index (χ2v) is 8.71. The van der Waals surface area contributed by atoms with E-state index in [2.05, 4.69) is 30.5 Å². The van der Waals surface area contributed by atoms with Gasteiger partial charge in [0.05, 0.1) is 22.9 Å². The van der Waals surface area contributed by atoms with Gasteiger partial charge >= 0.3 is 0 Å². The molecule has 9 nitrogen and oxygen atoms in total. The fraction of sp³-hybridized carbons (Fsp3) is 0.231. The molecule has 1 aliphatic rings. The monoisotopic (exact) mass is 466 g/mol. The van der Waals surface area contributed by atoms with E-state index in [0.717, 1.165) is 76.8 Å². The number of imidazole rings is 1. The summed E-state index contributed by atoms with van der Waals surface area (Å²) in [6.45, 7) is 5.81. The summed E-state index contributed by atoms with van der Waals surface area (Å²) in [5.41, 5.74) is 5.45. The van der Waals surface area contributed by atoms with Gasteiger partial charge in [0, 0.05) is 45.0 Å². The number of aromatic nitrogens is 5. The van der Waals surface area contributed by atoms with Crippen LogP contribution in [-0.2, 0) is 7.05 Å². The van der Waals surface area contributed by atoms with Crippen molar-refractivity contribution in [2.75, 3.05) is 36.4 Å². The highest BCUT2D eigenvalue weighted by molar-refractivity contribution is 5.88. The van der Waals surface area contributed by atoms with Crippen LogP contribution in [-0.4, -0.2) is 50.7 Å². The molecule has 2 N–H and O–H groups in total. The first-order chi connectivity index (χ1) is 17.1. The molecule has 3 aromatic heterocycles. The van der Waals surface area contributed by atoms with Gasteiger partial charge in [0.1, 0.15) is 29.2 Å². The zero-order chi connectivity index (χ0) is 23.8. The van der Waals surface area contributed by atoms with Gasteiger partial charge in [0.25, 0.3) is 0 Å². The lowest BCUT2D eigenvalue weighted by atomic mass is 10.2. The van der Waals surface area contributed by atoms with Crippen LogP contribution in [0.15, 0.2) is 61.2 Å². The number of nitrogens with zero attached hydrogens (tertiary/aromatic N) is 6. The number of fused-ring (bicyclic) bond motifs is 2. The largest absolute Gasteiger partial charge is 0.457 e. The van der Waals surface area contributed by atoms with Gasteiger partial charge in [-0.05, 0) is 55.0 Å². The summed E-state index contributed by atoms with van der Waals surface area (Å²) in [5.74, 6) is 3.17. The first kappa shape index (κ1) is 21.3. The molecule has 176 valence electrons. The molecule has 5 aromatic rings. The van der Waals surface area contributed by atoms with Crippen molar-refractivity contribution in [2.24, 2.45) is 7.05 Å². The van der Waals surface area contributed by atoms with E-state index in [1.165, 1.54) is 0 Å². The molecular weight excluding hydrogens is 440 g/mol. The molecule has 6 rings (SSSR count). The van der Waals surface area contributed by atoms with Crippen LogP contribution >= 0.6 is 0 Å². The van der Waals surface area contributed by atoms with Crippen LogP contribution in [0.1, 0.15) is 5.56 Å². The molecule has 1 fully saturated rings. The van der Waals surface area contributed by atoms with Crippen LogP contribution in [0.3, 0.4) is 0 Å². The van der Waals surface area contributed by atoms with Crippen molar-refractivity contribution in [3.8, 4) is 11.5 Å². The normalized spacial score (nSPS) is 13.9. The van der Waals surface area contributed by atoms with Gasteiger partial charge in [0.15, 0.2) is 5.82 Å². The summed E-state index contributed by atoms with van der Waals surface area (Å²) in [5, 5.41) is 6.80. The number of hydrogen-bond acceptors (Lipinski definition) is 8. The Morgan fingerprint density at radius 2 is 1.83 bits per heavy atom. The van der Waals surface area contributed by atoms with Crippen molar-refractivity contribution in [3.63, 3.8) is 0 Å². The van der Waals surface area contributed by atoms with E-state index in [1.54, 1.807) is 12.7 Å². The topological polar surface area (TPSA) is 93.0 Å². The minimum Gasteiger partial charge on any atom is -0.457 e. The van der Waals surface area contributed by atoms with Crippen molar-refractivity contribution in [3.05, 3.63) is 66.7 Å². The number of aryl methyl sites for hydroxylation is 2. The van der Waals surface area contributed by atoms with Crippen LogP contribution in [0.4, 0.5) is 17.3 Å². The Bertz CT molecular complexity index is 1520. The predicted octanol–water partition coefficient (Wildman–Crippen LogP) is 4.17. The lowest BCUT2D eigenvalue weighted by molar-refractivity contribution is 0.479. The first-order valence-electron chi connectivity index (χ1n) is 11.7. The zero-order valence-electron chi connectivity index (χ0n) is 19.7. The molecule has 0 radical (unpaired) electrons. The Kier molecular flexibility index (Phi) is 5.38. The van der Waals surface area contributed by atoms with Crippen molar-refractivity contribution in [1.29, 1.82) is 0 Å². The number of rotatable bonds is 5. The van der Waals surface area contributed by atoms with Gasteiger partial charge in [0.2, 0.25) is 0 Å². The number of anilines is 3. The Morgan fingerprint density at radius 3 is 2.69 bits per heavy atom. The molecule has 0 atom stereocenters. The zero-order valence-corrected chi connectivity index (χ0v) is 19.7. The van der Waals surface area contributed by atoms with Crippen LogP contribution in [0.5, 0.6) is 11.5 Å². The molecule has 9 heteroatoms. The number of benzene rings is 2. The molecule has 0 bridgehead atoms. The van der Waals surface area contributed by atoms with Gasteiger partial charge in [-0.15, -0.1) is 0 Å². The third-order valence-electron chi connectivity index (χ3n) is 6.27. The first-order valence-corrected chi connectivity index (χ1v) is 11.7. The SMILES string of the molecule is Cc1cc(Nc2ncnc3ccc(N4CCNCC4)nc23)ccc1Oc1ccc2c(c1)ncn2C. The van der Waals surface area contributed by atoms with Gasteiger partial charge in [-0.3, -0.25) is 0 Å². The van der Waals surface area contributed by atoms with Crippen LogP contribution in [0, 0.1) is 6.92 Å². The van der Waals surface area contributed by atoms with Crippen LogP contribution in [0.25, 0.3) is 22.1 Å². The lowest BCUT2D eigenvalue weighted by Gasteiger charge is -2.28.